The number of carbonyl (C=O) groups is 2. The van der Waals surface area contributed by atoms with E-state index in [1.54, 1.807) is 6.92 Å². The van der Waals surface area contributed by atoms with E-state index in [1.807, 2.05) is 30.3 Å². The van der Waals surface area contributed by atoms with E-state index in [2.05, 4.69) is 5.32 Å². The minimum Gasteiger partial charge on any atom is -0.481 e. The molecule has 120 valence electrons. The van der Waals surface area contributed by atoms with Crippen LogP contribution < -0.4 is 5.32 Å². The quantitative estimate of drug-likeness (QED) is 0.846. The van der Waals surface area contributed by atoms with Gasteiger partial charge in [0.2, 0.25) is 5.91 Å². The number of benzene rings is 1. The Labute approximate surface area is 130 Å². The highest BCUT2D eigenvalue weighted by Gasteiger charge is 2.27. The number of ether oxygens (including phenoxy) is 1. The lowest BCUT2D eigenvalue weighted by Crippen LogP contribution is -2.36. The molecular formula is C17H23NO4. The molecule has 0 aromatic heterocycles. The molecule has 5 nitrogen and oxygen atoms in total. The van der Waals surface area contributed by atoms with Gasteiger partial charge in [-0.15, -0.1) is 0 Å². The Morgan fingerprint density at radius 3 is 2.50 bits per heavy atom. The maximum atomic E-state index is 12.3. The van der Waals surface area contributed by atoms with Gasteiger partial charge in [-0.05, 0) is 31.2 Å². The summed E-state index contributed by atoms with van der Waals surface area (Å²) in [7, 11) is 0. The number of aliphatic carboxylic acids is 1. The first kappa shape index (κ1) is 16.5. The average Bonchev–Trinajstić information content (AvgIpc) is 2.53. The summed E-state index contributed by atoms with van der Waals surface area (Å²) in [5, 5.41) is 12.2. The van der Waals surface area contributed by atoms with E-state index in [9.17, 15) is 14.7 Å². The van der Waals surface area contributed by atoms with E-state index < -0.39 is 17.9 Å². The Morgan fingerprint density at radius 1 is 1.27 bits per heavy atom. The molecule has 2 N–H and O–H groups in total. The molecule has 5 heteroatoms. The number of carboxylic acids is 1. The van der Waals surface area contributed by atoms with Crippen LogP contribution in [-0.4, -0.2) is 30.2 Å². The molecule has 0 saturated carbocycles. The van der Waals surface area contributed by atoms with Crippen molar-refractivity contribution in [2.45, 2.75) is 32.2 Å². The molecule has 1 heterocycles. The first-order chi connectivity index (χ1) is 10.6. The van der Waals surface area contributed by atoms with Gasteiger partial charge in [-0.1, -0.05) is 30.3 Å². The van der Waals surface area contributed by atoms with Gasteiger partial charge in [-0.3, -0.25) is 9.59 Å². The van der Waals surface area contributed by atoms with E-state index in [0.29, 0.717) is 25.6 Å². The van der Waals surface area contributed by atoms with Crippen molar-refractivity contribution in [3.05, 3.63) is 35.9 Å². The van der Waals surface area contributed by atoms with Gasteiger partial charge < -0.3 is 15.2 Å². The molecule has 0 spiro atoms. The fourth-order valence-electron chi connectivity index (χ4n) is 2.75. The van der Waals surface area contributed by atoms with Crippen molar-refractivity contribution in [3.8, 4) is 0 Å². The van der Waals surface area contributed by atoms with Crippen LogP contribution in [0.1, 0.15) is 37.8 Å². The standard InChI is InChI=1S/C17H23NO4/c1-12(17(20)21)16(14-5-3-2-4-6-14)18-15(19)11-13-7-9-22-10-8-13/h2-6,12-13,16H,7-11H2,1H3,(H,18,19)(H,20,21). The number of rotatable bonds is 6. The van der Waals surface area contributed by atoms with Gasteiger partial charge in [0.25, 0.3) is 0 Å². The Bertz CT molecular complexity index is 497. The first-order valence-electron chi connectivity index (χ1n) is 7.72. The molecule has 0 aliphatic carbocycles. The Kier molecular flexibility index (Phi) is 5.95. The van der Waals surface area contributed by atoms with E-state index in [1.165, 1.54) is 0 Å². The zero-order valence-corrected chi connectivity index (χ0v) is 12.8. The van der Waals surface area contributed by atoms with Crippen molar-refractivity contribution in [2.24, 2.45) is 11.8 Å². The summed E-state index contributed by atoms with van der Waals surface area (Å²) in [5.74, 6) is -1.36. The molecule has 1 aliphatic rings. The van der Waals surface area contributed by atoms with Gasteiger partial charge in [0.05, 0.1) is 12.0 Å². The number of nitrogens with one attached hydrogen (secondary N) is 1. The molecule has 1 aromatic carbocycles. The molecule has 2 rings (SSSR count). The molecule has 1 aliphatic heterocycles. The van der Waals surface area contributed by atoms with Crippen molar-refractivity contribution in [1.29, 1.82) is 0 Å². The number of hydrogen-bond acceptors (Lipinski definition) is 3. The van der Waals surface area contributed by atoms with Crippen LogP contribution in [0.25, 0.3) is 0 Å². The van der Waals surface area contributed by atoms with Gasteiger partial charge in [0.15, 0.2) is 0 Å². The highest BCUT2D eigenvalue weighted by molar-refractivity contribution is 5.78. The second-order valence-electron chi connectivity index (χ2n) is 5.84. The second kappa shape index (κ2) is 7.94. The lowest BCUT2D eigenvalue weighted by Gasteiger charge is -2.25. The minimum absolute atomic E-state index is 0.0890. The zero-order valence-electron chi connectivity index (χ0n) is 12.8. The van der Waals surface area contributed by atoms with Crippen LogP contribution in [0.4, 0.5) is 0 Å². The van der Waals surface area contributed by atoms with Gasteiger partial charge in [0, 0.05) is 19.6 Å². The third kappa shape index (κ3) is 4.56. The third-order valence-corrected chi connectivity index (χ3v) is 4.18. The topological polar surface area (TPSA) is 75.6 Å². The molecule has 1 aromatic rings. The van der Waals surface area contributed by atoms with Crippen LogP contribution in [0.5, 0.6) is 0 Å². The summed E-state index contributed by atoms with van der Waals surface area (Å²) in [4.78, 5) is 23.6. The molecule has 2 atom stereocenters. The smallest absolute Gasteiger partial charge is 0.308 e. The zero-order chi connectivity index (χ0) is 15.9. The fraction of sp³-hybridized carbons (Fsp3) is 0.529. The van der Waals surface area contributed by atoms with Crippen LogP contribution in [0, 0.1) is 11.8 Å². The number of carbonyl (C=O) groups excluding carboxylic acids is 1. The Morgan fingerprint density at radius 2 is 1.91 bits per heavy atom. The highest BCUT2D eigenvalue weighted by Crippen LogP contribution is 2.24. The van der Waals surface area contributed by atoms with Crippen molar-refractivity contribution in [2.75, 3.05) is 13.2 Å². The summed E-state index contributed by atoms with van der Waals surface area (Å²) < 4.78 is 5.29. The molecule has 2 unspecified atom stereocenters. The second-order valence-corrected chi connectivity index (χ2v) is 5.84. The maximum Gasteiger partial charge on any atom is 0.308 e. The first-order valence-corrected chi connectivity index (χ1v) is 7.72. The lowest BCUT2D eigenvalue weighted by molar-refractivity contribution is -0.142. The van der Waals surface area contributed by atoms with Gasteiger partial charge in [-0.2, -0.15) is 0 Å². The van der Waals surface area contributed by atoms with Gasteiger partial charge in [0.1, 0.15) is 0 Å². The van der Waals surface area contributed by atoms with Crippen LogP contribution in [0.3, 0.4) is 0 Å². The molecule has 0 radical (unpaired) electrons. The van der Waals surface area contributed by atoms with Crippen molar-refractivity contribution in [3.63, 3.8) is 0 Å². The molecule has 0 bridgehead atoms. The summed E-state index contributed by atoms with van der Waals surface area (Å²) in [5.41, 5.74) is 0.817. The number of hydrogen-bond donors (Lipinski definition) is 2. The van der Waals surface area contributed by atoms with Gasteiger partial charge >= 0.3 is 5.97 Å². The Balaban J connectivity index is 2.02. The number of amides is 1. The summed E-state index contributed by atoms with van der Waals surface area (Å²) in [6.07, 6.45) is 2.20. The predicted molar refractivity (Wildman–Crippen MR) is 82.3 cm³/mol. The molecule has 1 fully saturated rings. The van der Waals surface area contributed by atoms with E-state index >= 15 is 0 Å². The molecule has 1 saturated heterocycles. The van der Waals surface area contributed by atoms with E-state index in [0.717, 1.165) is 18.4 Å². The molecular weight excluding hydrogens is 282 g/mol. The van der Waals surface area contributed by atoms with Crippen molar-refractivity contribution >= 4 is 11.9 Å². The predicted octanol–water partition coefficient (Wildman–Crippen LogP) is 2.38. The largest absolute Gasteiger partial charge is 0.481 e. The summed E-state index contributed by atoms with van der Waals surface area (Å²) in [6, 6.07) is 8.75. The van der Waals surface area contributed by atoms with E-state index in [4.69, 9.17) is 4.74 Å². The van der Waals surface area contributed by atoms with Crippen LogP contribution in [-0.2, 0) is 14.3 Å². The van der Waals surface area contributed by atoms with Crippen LogP contribution in [0.2, 0.25) is 0 Å². The fourth-order valence-corrected chi connectivity index (χ4v) is 2.75. The summed E-state index contributed by atoms with van der Waals surface area (Å²) in [6.45, 7) is 3.02. The maximum absolute atomic E-state index is 12.3. The van der Waals surface area contributed by atoms with Crippen LogP contribution >= 0.6 is 0 Å². The number of carboxylic acid groups (broad SMARTS) is 1. The molecule has 1 amide bonds. The highest BCUT2D eigenvalue weighted by atomic mass is 16.5. The normalized spacial score (nSPS) is 18.4. The lowest BCUT2D eigenvalue weighted by atomic mass is 9.92. The summed E-state index contributed by atoms with van der Waals surface area (Å²) >= 11 is 0. The van der Waals surface area contributed by atoms with E-state index in [-0.39, 0.29) is 5.91 Å². The molecule has 22 heavy (non-hydrogen) atoms. The van der Waals surface area contributed by atoms with Crippen LogP contribution in [0.15, 0.2) is 30.3 Å². The SMILES string of the molecule is CC(C(=O)O)C(NC(=O)CC1CCOCC1)c1ccccc1. The average molecular weight is 305 g/mol. The monoisotopic (exact) mass is 305 g/mol. The Hall–Kier alpha value is -1.88. The van der Waals surface area contributed by atoms with Crippen molar-refractivity contribution in [1.82, 2.24) is 5.32 Å². The third-order valence-electron chi connectivity index (χ3n) is 4.18. The minimum atomic E-state index is -0.916. The van der Waals surface area contributed by atoms with Gasteiger partial charge in [-0.25, -0.2) is 0 Å². The van der Waals surface area contributed by atoms with Crippen molar-refractivity contribution < 1.29 is 19.4 Å².